The lowest BCUT2D eigenvalue weighted by Gasteiger charge is -2.39. The van der Waals surface area contributed by atoms with Crippen LogP contribution < -0.4 is 11.1 Å². The van der Waals surface area contributed by atoms with Gasteiger partial charge in [-0.2, -0.15) is 9.49 Å². The number of primary amides is 1. The van der Waals surface area contributed by atoms with Gasteiger partial charge in [-0.15, -0.1) is 0 Å². The summed E-state index contributed by atoms with van der Waals surface area (Å²) in [7, 11) is 0. The molecule has 4 N–H and O–H groups in total. The maximum Gasteiger partial charge on any atom is 0.254 e. The number of anilines is 2. The van der Waals surface area contributed by atoms with Gasteiger partial charge in [0.1, 0.15) is 5.56 Å². The molecule has 1 amide bonds. The van der Waals surface area contributed by atoms with Crippen molar-refractivity contribution in [3.05, 3.63) is 59.9 Å². The van der Waals surface area contributed by atoms with Crippen LogP contribution in [0, 0.1) is 5.95 Å². The number of halogens is 1. The van der Waals surface area contributed by atoms with Crippen LogP contribution in [0.4, 0.5) is 15.9 Å². The number of carbonyl (C=O) groups excluding carboxylic acids is 1. The fourth-order valence-corrected chi connectivity index (χ4v) is 3.73. The summed E-state index contributed by atoms with van der Waals surface area (Å²) in [6.45, 7) is 4.51. The van der Waals surface area contributed by atoms with E-state index in [-0.39, 0.29) is 22.8 Å². The van der Waals surface area contributed by atoms with Gasteiger partial charge in [-0.25, -0.2) is 9.97 Å². The number of aromatic hydroxyl groups is 1. The third-order valence-electron chi connectivity index (χ3n) is 5.67. The molecule has 1 aliphatic rings. The van der Waals surface area contributed by atoms with E-state index >= 15 is 0 Å². The molecule has 0 aliphatic carbocycles. The molecule has 3 aromatic heterocycles. The number of piperidine rings is 1. The average Bonchev–Trinajstić information content (AvgIpc) is 3.16. The van der Waals surface area contributed by atoms with E-state index in [1.165, 1.54) is 12.3 Å². The molecule has 31 heavy (non-hydrogen) atoms. The standard InChI is InChI=1S/C21H24FN7O2/c1-21(5-8-28(9-6-21)12-14-2-3-18(30)25-11-14)29-13-16(19(23)31)20(27-29)26-15-4-7-24-17(22)10-15/h2-4,7,10-11,13H,5-6,8-9,12H2,1H3,(H2,23,31)(H,25,30)(H,24,26,27). The number of nitrogens with zero attached hydrogens (tertiary/aromatic N) is 5. The van der Waals surface area contributed by atoms with Crippen molar-refractivity contribution in [1.82, 2.24) is 24.6 Å². The second-order valence-electron chi connectivity index (χ2n) is 7.99. The Labute approximate surface area is 178 Å². The Morgan fingerprint density at radius 2 is 2.06 bits per heavy atom. The number of amides is 1. The third kappa shape index (κ3) is 4.64. The minimum absolute atomic E-state index is 0.0119. The van der Waals surface area contributed by atoms with E-state index < -0.39 is 11.9 Å². The normalized spacial score (nSPS) is 16.2. The second-order valence-corrected chi connectivity index (χ2v) is 7.99. The number of hydrogen-bond acceptors (Lipinski definition) is 7. The van der Waals surface area contributed by atoms with E-state index in [1.54, 1.807) is 29.2 Å². The summed E-state index contributed by atoms with van der Waals surface area (Å²) in [6.07, 6.45) is 6.31. The molecule has 4 rings (SSSR count). The molecule has 0 saturated carbocycles. The number of likely N-dealkylation sites (tertiary alicyclic amines) is 1. The molecular weight excluding hydrogens is 401 g/mol. The van der Waals surface area contributed by atoms with Crippen LogP contribution in [0.15, 0.2) is 42.9 Å². The molecule has 0 atom stereocenters. The SMILES string of the molecule is CC1(n2cc(C(N)=O)c(Nc3ccnc(F)c3)n2)CCN(Cc2ccc(O)nc2)CC1. The molecule has 0 unspecified atom stereocenters. The maximum atomic E-state index is 13.4. The van der Waals surface area contributed by atoms with Gasteiger partial charge in [-0.3, -0.25) is 14.4 Å². The van der Waals surface area contributed by atoms with Gasteiger partial charge < -0.3 is 16.2 Å². The highest BCUT2D eigenvalue weighted by Gasteiger charge is 2.34. The summed E-state index contributed by atoms with van der Waals surface area (Å²) >= 11 is 0. The van der Waals surface area contributed by atoms with Gasteiger partial charge in [0.2, 0.25) is 11.8 Å². The van der Waals surface area contributed by atoms with E-state index in [2.05, 4.69) is 32.2 Å². The first-order valence-corrected chi connectivity index (χ1v) is 9.97. The predicted octanol–water partition coefficient (Wildman–Crippen LogP) is 2.37. The van der Waals surface area contributed by atoms with E-state index in [1.807, 2.05) is 6.07 Å². The minimum atomic E-state index is -0.631. The van der Waals surface area contributed by atoms with Crippen LogP contribution in [0.5, 0.6) is 5.88 Å². The molecule has 0 spiro atoms. The zero-order valence-electron chi connectivity index (χ0n) is 17.1. The summed E-state index contributed by atoms with van der Waals surface area (Å²) in [6, 6.07) is 6.26. The summed E-state index contributed by atoms with van der Waals surface area (Å²) in [5.74, 6) is -0.938. The van der Waals surface area contributed by atoms with Gasteiger partial charge >= 0.3 is 0 Å². The van der Waals surface area contributed by atoms with Crippen LogP contribution in [0.3, 0.4) is 0 Å². The first-order chi connectivity index (χ1) is 14.8. The largest absolute Gasteiger partial charge is 0.493 e. The summed E-state index contributed by atoms with van der Waals surface area (Å²) in [5.41, 5.74) is 6.97. The van der Waals surface area contributed by atoms with E-state index in [4.69, 9.17) is 5.73 Å². The fraction of sp³-hybridized carbons (Fsp3) is 0.333. The number of hydrogen-bond donors (Lipinski definition) is 3. The van der Waals surface area contributed by atoms with E-state index in [0.717, 1.165) is 38.0 Å². The molecule has 162 valence electrons. The Morgan fingerprint density at radius 1 is 1.29 bits per heavy atom. The van der Waals surface area contributed by atoms with Crippen LogP contribution >= 0.6 is 0 Å². The molecular formula is C21H24FN7O2. The van der Waals surface area contributed by atoms with Crippen LogP contribution in [0.1, 0.15) is 35.7 Å². The molecule has 3 aromatic rings. The number of rotatable bonds is 6. The highest BCUT2D eigenvalue weighted by atomic mass is 19.1. The number of carbonyl (C=O) groups is 1. The lowest BCUT2D eigenvalue weighted by Crippen LogP contribution is -2.44. The van der Waals surface area contributed by atoms with Crippen LogP contribution in [-0.2, 0) is 12.1 Å². The summed E-state index contributed by atoms with van der Waals surface area (Å²) in [5, 5.41) is 16.9. The molecule has 10 heteroatoms. The highest BCUT2D eigenvalue weighted by molar-refractivity contribution is 5.98. The number of aromatic nitrogens is 4. The Morgan fingerprint density at radius 3 is 2.71 bits per heavy atom. The van der Waals surface area contributed by atoms with Crippen molar-refractivity contribution < 1.29 is 14.3 Å². The molecule has 9 nitrogen and oxygen atoms in total. The quantitative estimate of drug-likeness (QED) is 0.518. The molecule has 1 fully saturated rings. The molecule has 0 radical (unpaired) electrons. The fourth-order valence-electron chi connectivity index (χ4n) is 3.73. The second kappa shape index (κ2) is 8.31. The molecule has 0 bridgehead atoms. The van der Waals surface area contributed by atoms with Crippen LogP contribution in [0.25, 0.3) is 0 Å². The van der Waals surface area contributed by atoms with Crippen molar-refractivity contribution in [2.75, 3.05) is 18.4 Å². The van der Waals surface area contributed by atoms with Gasteiger partial charge in [0.15, 0.2) is 5.82 Å². The van der Waals surface area contributed by atoms with Crippen molar-refractivity contribution in [3.63, 3.8) is 0 Å². The van der Waals surface area contributed by atoms with Gasteiger partial charge in [0.25, 0.3) is 5.91 Å². The van der Waals surface area contributed by atoms with Crippen LogP contribution in [0.2, 0.25) is 0 Å². The minimum Gasteiger partial charge on any atom is -0.493 e. The average molecular weight is 425 g/mol. The molecule has 4 heterocycles. The monoisotopic (exact) mass is 425 g/mol. The van der Waals surface area contributed by atoms with Gasteiger partial charge in [0.05, 0.1) is 5.54 Å². The van der Waals surface area contributed by atoms with Crippen LogP contribution in [-0.4, -0.2) is 48.8 Å². The van der Waals surface area contributed by atoms with Crippen molar-refractivity contribution in [2.24, 2.45) is 5.73 Å². The van der Waals surface area contributed by atoms with Crippen molar-refractivity contribution in [3.8, 4) is 5.88 Å². The zero-order valence-corrected chi connectivity index (χ0v) is 17.1. The summed E-state index contributed by atoms with van der Waals surface area (Å²) < 4.78 is 15.2. The van der Waals surface area contributed by atoms with Gasteiger partial charge in [-0.05, 0) is 31.4 Å². The third-order valence-corrected chi connectivity index (χ3v) is 5.67. The van der Waals surface area contributed by atoms with Crippen molar-refractivity contribution in [2.45, 2.75) is 31.8 Å². The predicted molar refractivity (Wildman–Crippen MR) is 112 cm³/mol. The zero-order chi connectivity index (χ0) is 22.0. The van der Waals surface area contributed by atoms with Crippen molar-refractivity contribution in [1.29, 1.82) is 0 Å². The maximum absolute atomic E-state index is 13.4. The van der Waals surface area contributed by atoms with Crippen molar-refractivity contribution >= 4 is 17.4 Å². The summed E-state index contributed by atoms with van der Waals surface area (Å²) in [4.78, 5) is 21.7. The number of pyridine rings is 2. The Hall–Kier alpha value is -3.53. The van der Waals surface area contributed by atoms with Gasteiger partial charge in [-0.1, -0.05) is 6.07 Å². The number of nitrogens with one attached hydrogen (secondary N) is 1. The Kier molecular flexibility index (Phi) is 5.55. The Balaban J connectivity index is 1.48. The first-order valence-electron chi connectivity index (χ1n) is 9.97. The topological polar surface area (TPSA) is 122 Å². The molecule has 1 aliphatic heterocycles. The molecule has 1 saturated heterocycles. The van der Waals surface area contributed by atoms with E-state index in [0.29, 0.717) is 5.69 Å². The highest BCUT2D eigenvalue weighted by Crippen LogP contribution is 2.32. The smallest absolute Gasteiger partial charge is 0.254 e. The number of nitrogens with two attached hydrogens (primary N) is 1. The Bertz CT molecular complexity index is 1080. The molecule has 0 aromatic carbocycles. The first kappa shape index (κ1) is 20.7. The lowest BCUT2D eigenvalue weighted by atomic mass is 9.89. The lowest BCUT2D eigenvalue weighted by molar-refractivity contribution is 0.0997. The van der Waals surface area contributed by atoms with Gasteiger partial charge in [0, 0.05) is 56.0 Å². The van der Waals surface area contributed by atoms with E-state index in [9.17, 15) is 14.3 Å².